The summed E-state index contributed by atoms with van der Waals surface area (Å²) in [6.45, 7) is 0. The van der Waals surface area contributed by atoms with Crippen LogP contribution in [0.15, 0.2) is 70.4 Å². The Morgan fingerprint density at radius 2 is 1.58 bits per heavy atom. The minimum absolute atomic E-state index is 0.0477. The average Bonchev–Trinajstić information content (AvgIpc) is 3.09. The highest BCUT2D eigenvalue weighted by atomic mass is 35.5. The Morgan fingerprint density at radius 1 is 0.903 bits per heavy atom. The molecule has 1 heterocycles. The quantitative estimate of drug-likeness (QED) is 0.362. The van der Waals surface area contributed by atoms with Crippen molar-refractivity contribution >= 4 is 49.9 Å². The summed E-state index contributed by atoms with van der Waals surface area (Å²) >= 11 is 6.06. The molecule has 4 aromatic rings. The van der Waals surface area contributed by atoms with Crippen molar-refractivity contribution in [3.05, 3.63) is 87.6 Å². The second-order valence-electron chi connectivity index (χ2n) is 6.55. The average molecular weight is 461 g/mol. The van der Waals surface area contributed by atoms with E-state index in [0.29, 0.717) is 16.7 Å². The molecule has 0 saturated carbocycles. The first-order valence-electron chi connectivity index (χ1n) is 8.83. The van der Waals surface area contributed by atoms with Gasteiger partial charge in [-0.2, -0.15) is 0 Å². The first kappa shape index (κ1) is 20.6. The molecule has 4 N–H and O–H groups in total. The lowest BCUT2D eigenvalue weighted by Crippen LogP contribution is -2.16. The van der Waals surface area contributed by atoms with E-state index in [2.05, 4.69) is 20.0 Å². The maximum absolute atomic E-state index is 13.1. The molecule has 0 atom stereocenters. The highest BCUT2D eigenvalue weighted by Crippen LogP contribution is 2.26. The molecule has 0 aliphatic heterocycles. The number of amides is 1. The van der Waals surface area contributed by atoms with E-state index >= 15 is 0 Å². The number of sulfonamides is 1. The van der Waals surface area contributed by atoms with Crippen LogP contribution >= 0.6 is 11.6 Å². The lowest BCUT2D eigenvalue weighted by molar-refractivity contribution is 0.102. The molecule has 0 bridgehead atoms. The third-order valence-corrected chi connectivity index (χ3v) is 6.22. The highest BCUT2D eigenvalue weighted by Gasteiger charge is 2.21. The predicted molar refractivity (Wildman–Crippen MR) is 116 cm³/mol. The first-order valence-corrected chi connectivity index (χ1v) is 10.7. The van der Waals surface area contributed by atoms with E-state index in [1.54, 1.807) is 18.2 Å². The monoisotopic (exact) mass is 460 g/mol. The predicted octanol–water partition coefficient (Wildman–Crippen LogP) is 3.70. The fourth-order valence-electron chi connectivity index (χ4n) is 2.89. The summed E-state index contributed by atoms with van der Waals surface area (Å²) in [5.41, 5.74) is 1.30. The Hall–Kier alpha value is -3.63. The number of hydrogen-bond donors (Lipinski definition) is 4. The zero-order valence-electron chi connectivity index (χ0n) is 15.6. The third kappa shape index (κ3) is 4.44. The molecule has 0 unspecified atom stereocenters. The van der Waals surface area contributed by atoms with Crippen LogP contribution in [-0.2, 0) is 10.0 Å². The fourth-order valence-corrected chi connectivity index (χ4v) is 4.48. The number of halogens is 2. The van der Waals surface area contributed by atoms with Gasteiger partial charge in [-0.15, -0.1) is 0 Å². The molecular formula is C20H14ClFN4O4S. The third-order valence-electron chi connectivity index (χ3n) is 4.35. The highest BCUT2D eigenvalue weighted by molar-refractivity contribution is 7.92. The van der Waals surface area contributed by atoms with Crippen LogP contribution in [0.25, 0.3) is 11.0 Å². The van der Waals surface area contributed by atoms with E-state index in [4.69, 9.17) is 11.6 Å². The molecular weight excluding hydrogens is 447 g/mol. The van der Waals surface area contributed by atoms with Crippen LogP contribution in [0.1, 0.15) is 10.4 Å². The Kier molecular flexibility index (Phi) is 5.25. The number of benzene rings is 3. The Bertz CT molecular complexity index is 1460. The van der Waals surface area contributed by atoms with Gasteiger partial charge in [-0.05, 0) is 60.7 Å². The van der Waals surface area contributed by atoms with Gasteiger partial charge < -0.3 is 15.3 Å². The molecule has 8 nitrogen and oxygen atoms in total. The molecule has 1 aromatic heterocycles. The molecule has 158 valence electrons. The number of rotatable bonds is 5. The van der Waals surface area contributed by atoms with Gasteiger partial charge in [-0.3, -0.25) is 9.52 Å². The van der Waals surface area contributed by atoms with Crippen molar-refractivity contribution in [2.45, 2.75) is 4.90 Å². The summed E-state index contributed by atoms with van der Waals surface area (Å²) < 4.78 is 40.8. The Balaban J connectivity index is 1.60. The zero-order valence-corrected chi connectivity index (χ0v) is 17.1. The number of aromatic amines is 2. The van der Waals surface area contributed by atoms with Crippen LogP contribution in [0.5, 0.6) is 0 Å². The summed E-state index contributed by atoms with van der Waals surface area (Å²) in [4.78, 5) is 28.9. The summed E-state index contributed by atoms with van der Waals surface area (Å²) in [6.07, 6.45) is 0. The molecule has 31 heavy (non-hydrogen) atoms. The normalized spacial score (nSPS) is 11.4. The van der Waals surface area contributed by atoms with Gasteiger partial charge in [0.05, 0.1) is 16.1 Å². The van der Waals surface area contributed by atoms with Gasteiger partial charge >= 0.3 is 5.69 Å². The second kappa shape index (κ2) is 7.89. The van der Waals surface area contributed by atoms with E-state index in [0.717, 1.165) is 18.2 Å². The van der Waals surface area contributed by atoms with Crippen molar-refractivity contribution in [2.75, 3.05) is 10.0 Å². The fraction of sp³-hybridized carbons (Fsp3) is 0. The van der Waals surface area contributed by atoms with Crippen molar-refractivity contribution in [1.82, 2.24) is 9.97 Å². The number of aromatic nitrogens is 2. The van der Waals surface area contributed by atoms with E-state index in [-0.39, 0.29) is 26.9 Å². The lowest BCUT2D eigenvalue weighted by Gasteiger charge is -2.11. The number of H-pyrrole nitrogens is 2. The van der Waals surface area contributed by atoms with Crippen LogP contribution in [-0.4, -0.2) is 24.3 Å². The molecule has 3 aromatic carbocycles. The Labute approximate surface area is 180 Å². The molecule has 11 heteroatoms. The molecule has 0 aliphatic carbocycles. The number of carbonyl (C=O) groups is 1. The summed E-state index contributed by atoms with van der Waals surface area (Å²) in [5.74, 6) is -1.09. The number of imidazole rings is 1. The van der Waals surface area contributed by atoms with Crippen LogP contribution in [0.3, 0.4) is 0 Å². The van der Waals surface area contributed by atoms with Crippen LogP contribution < -0.4 is 15.7 Å². The SMILES string of the molecule is O=C(Nc1ccc2[nH]c(=O)[nH]c2c1)c1ccc(Cl)c(S(=O)(=O)Nc2ccc(F)cc2)c1. The summed E-state index contributed by atoms with van der Waals surface area (Å²) in [7, 11) is -4.14. The van der Waals surface area contributed by atoms with Crippen LogP contribution in [0.4, 0.5) is 15.8 Å². The largest absolute Gasteiger partial charge is 0.323 e. The standard InChI is InChI=1S/C20H14ClFN4O4S/c21-15-7-1-11(9-18(15)31(29,30)26-13-4-2-12(22)3-5-13)19(27)23-14-6-8-16-17(10-14)25-20(28)24-16/h1-10,26H,(H,23,27)(H2,24,25,28). The maximum atomic E-state index is 13.1. The van der Waals surface area contributed by atoms with Gasteiger partial charge in [0, 0.05) is 16.9 Å². The zero-order chi connectivity index (χ0) is 22.2. The molecule has 1 amide bonds. The van der Waals surface area contributed by atoms with Crippen LogP contribution in [0, 0.1) is 5.82 Å². The van der Waals surface area contributed by atoms with Crippen LogP contribution in [0.2, 0.25) is 5.02 Å². The van der Waals surface area contributed by atoms with Crippen molar-refractivity contribution < 1.29 is 17.6 Å². The Morgan fingerprint density at radius 3 is 2.32 bits per heavy atom. The van der Waals surface area contributed by atoms with Crippen molar-refractivity contribution in [1.29, 1.82) is 0 Å². The smallest absolute Gasteiger partial charge is 0.322 e. The summed E-state index contributed by atoms with van der Waals surface area (Å²) in [5, 5.41) is 2.55. The minimum atomic E-state index is -4.14. The number of fused-ring (bicyclic) bond motifs is 1. The second-order valence-corrected chi connectivity index (χ2v) is 8.61. The molecule has 0 fully saturated rings. The molecule has 4 rings (SSSR count). The van der Waals surface area contributed by atoms with Gasteiger partial charge in [-0.25, -0.2) is 17.6 Å². The first-order chi connectivity index (χ1) is 14.7. The van der Waals surface area contributed by atoms with E-state index in [1.807, 2.05) is 0 Å². The minimum Gasteiger partial charge on any atom is -0.322 e. The van der Waals surface area contributed by atoms with Gasteiger partial charge in [-0.1, -0.05) is 11.6 Å². The number of carbonyl (C=O) groups excluding carboxylic acids is 1. The number of nitrogens with one attached hydrogen (secondary N) is 4. The van der Waals surface area contributed by atoms with E-state index < -0.39 is 21.7 Å². The van der Waals surface area contributed by atoms with Gasteiger partial charge in [0.2, 0.25) is 0 Å². The topological polar surface area (TPSA) is 124 Å². The van der Waals surface area contributed by atoms with Crippen molar-refractivity contribution in [3.63, 3.8) is 0 Å². The van der Waals surface area contributed by atoms with Crippen molar-refractivity contribution in [2.24, 2.45) is 0 Å². The maximum Gasteiger partial charge on any atom is 0.323 e. The number of hydrogen-bond acceptors (Lipinski definition) is 4. The lowest BCUT2D eigenvalue weighted by atomic mass is 10.2. The molecule has 0 aliphatic rings. The van der Waals surface area contributed by atoms with Gasteiger partial charge in [0.1, 0.15) is 10.7 Å². The van der Waals surface area contributed by atoms with E-state index in [1.165, 1.54) is 24.3 Å². The molecule has 0 saturated heterocycles. The van der Waals surface area contributed by atoms with Crippen molar-refractivity contribution in [3.8, 4) is 0 Å². The molecule has 0 radical (unpaired) electrons. The van der Waals surface area contributed by atoms with E-state index in [9.17, 15) is 22.4 Å². The van der Waals surface area contributed by atoms with Gasteiger partial charge in [0.25, 0.3) is 15.9 Å². The summed E-state index contributed by atoms with van der Waals surface area (Å²) in [6, 6.07) is 13.3. The number of anilines is 2. The van der Waals surface area contributed by atoms with Gasteiger partial charge in [0.15, 0.2) is 0 Å². The molecule has 0 spiro atoms.